The molecule has 2 aromatic rings. The molecule has 3 heterocycles. The quantitative estimate of drug-likeness (QED) is 0.863. The van der Waals surface area contributed by atoms with Crippen molar-refractivity contribution in [3.8, 4) is 0 Å². The molecule has 0 unspecified atom stereocenters. The number of hydrogen-bond acceptors (Lipinski definition) is 3. The van der Waals surface area contributed by atoms with E-state index in [0.29, 0.717) is 5.56 Å². The zero-order chi connectivity index (χ0) is 13.9. The highest BCUT2D eigenvalue weighted by molar-refractivity contribution is 5.94. The monoisotopic (exact) mass is 273 g/mol. The van der Waals surface area contributed by atoms with Crippen molar-refractivity contribution in [2.75, 3.05) is 6.54 Å². The van der Waals surface area contributed by atoms with Gasteiger partial charge in [0.1, 0.15) is 6.26 Å². The Morgan fingerprint density at radius 2 is 2.40 bits per heavy atom. The second kappa shape index (κ2) is 5.53. The third kappa shape index (κ3) is 2.61. The Morgan fingerprint density at radius 1 is 1.50 bits per heavy atom. The van der Waals surface area contributed by atoms with Crippen LogP contribution in [-0.2, 0) is 6.54 Å². The Balaban J connectivity index is 1.75. The molecule has 1 aliphatic rings. The third-order valence-electron chi connectivity index (χ3n) is 3.82. The average molecular weight is 273 g/mol. The second-order valence-corrected chi connectivity index (χ2v) is 5.40. The number of hydrogen-bond donors (Lipinski definition) is 0. The first kappa shape index (κ1) is 13.0. The minimum Gasteiger partial charge on any atom is -0.472 e. The van der Waals surface area contributed by atoms with Gasteiger partial charge in [-0.15, -0.1) is 0 Å². The molecule has 0 saturated carbocycles. The number of rotatable bonds is 3. The second-order valence-electron chi connectivity index (χ2n) is 5.40. The summed E-state index contributed by atoms with van der Waals surface area (Å²) in [5.41, 5.74) is 1.78. The number of nitrogens with zero attached hydrogens (tertiary/aromatic N) is 3. The maximum Gasteiger partial charge on any atom is 0.257 e. The van der Waals surface area contributed by atoms with Crippen molar-refractivity contribution >= 4 is 5.91 Å². The van der Waals surface area contributed by atoms with E-state index in [9.17, 15) is 4.79 Å². The lowest BCUT2D eigenvalue weighted by Crippen LogP contribution is -2.45. The molecule has 1 atom stereocenters. The summed E-state index contributed by atoms with van der Waals surface area (Å²) in [6, 6.07) is 1.94. The molecule has 5 heteroatoms. The molecule has 5 nitrogen and oxygen atoms in total. The van der Waals surface area contributed by atoms with Gasteiger partial charge in [0.05, 0.1) is 30.6 Å². The molecule has 3 rings (SSSR count). The molecular formula is C15H19N3O2. The van der Waals surface area contributed by atoms with Crippen LogP contribution in [0, 0.1) is 6.92 Å². The molecule has 20 heavy (non-hydrogen) atoms. The Labute approximate surface area is 118 Å². The molecule has 1 aliphatic heterocycles. The fourth-order valence-electron chi connectivity index (χ4n) is 2.79. The number of amides is 1. The SMILES string of the molecule is Cc1cnn(C[C@@H]2CCCCN2C(=O)c2ccoc2)c1. The van der Waals surface area contributed by atoms with Crippen LogP contribution in [0.4, 0.5) is 0 Å². The average Bonchev–Trinajstić information content (AvgIpc) is 3.10. The standard InChI is InChI=1S/C15H19N3O2/c1-12-8-16-17(9-12)10-14-4-2-3-6-18(14)15(19)13-5-7-20-11-13/h5,7-9,11,14H,2-4,6,10H2,1H3/t14-/m0/s1. The summed E-state index contributed by atoms with van der Waals surface area (Å²) in [5, 5.41) is 4.33. The van der Waals surface area contributed by atoms with Crippen LogP contribution in [0.1, 0.15) is 35.2 Å². The van der Waals surface area contributed by atoms with E-state index in [2.05, 4.69) is 5.10 Å². The summed E-state index contributed by atoms with van der Waals surface area (Å²) in [5.74, 6) is 0.0623. The van der Waals surface area contributed by atoms with Crippen molar-refractivity contribution in [3.63, 3.8) is 0 Å². The van der Waals surface area contributed by atoms with Gasteiger partial charge in [0.15, 0.2) is 0 Å². The lowest BCUT2D eigenvalue weighted by Gasteiger charge is -2.35. The maximum absolute atomic E-state index is 12.5. The van der Waals surface area contributed by atoms with Crippen LogP contribution in [0.25, 0.3) is 0 Å². The number of aryl methyl sites for hydroxylation is 1. The highest BCUT2D eigenvalue weighted by Crippen LogP contribution is 2.21. The summed E-state index contributed by atoms with van der Waals surface area (Å²) in [6.07, 6.45) is 10.2. The largest absolute Gasteiger partial charge is 0.472 e. The lowest BCUT2D eigenvalue weighted by molar-refractivity contribution is 0.0583. The van der Waals surface area contributed by atoms with E-state index < -0.39 is 0 Å². The van der Waals surface area contributed by atoms with Gasteiger partial charge < -0.3 is 9.32 Å². The van der Waals surface area contributed by atoms with Gasteiger partial charge in [-0.2, -0.15) is 5.10 Å². The molecular weight excluding hydrogens is 254 g/mol. The number of aromatic nitrogens is 2. The van der Waals surface area contributed by atoms with Gasteiger partial charge in [-0.25, -0.2) is 0 Å². The van der Waals surface area contributed by atoms with Gasteiger partial charge in [-0.1, -0.05) is 0 Å². The van der Waals surface area contributed by atoms with Crippen LogP contribution in [0.5, 0.6) is 0 Å². The molecule has 0 aliphatic carbocycles. The van der Waals surface area contributed by atoms with Gasteiger partial charge >= 0.3 is 0 Å². The van der Waals surface area contributed by atoms with E-state index in [0.717, 1.165) is 31.5 Å². The fourth-order valence-corrected chi connectivity index (χ4v) is 2.79. The van der Waals surface area contributed by atoms with Crippen LogP contribution < -0.4 is 0 Å². The van der Waals surface area contributed by atoms with Crippen molar-refractivity contribution in [2.24, 2.45) is 0 Å². The van der Waals surface area contributed by atoms with Crippen LogP contribution in [0.15, 0.2) is 35.4 Å². The number of carbonyl (C=O) groups is 1. The van der Waals surface area contributed by atoms with Gasteiger partial charge in [-0.3, -0.25) is 9.48 Å². The molecule has 0 aromatic carbocycles. The molecule has 0 spiro atoms. The lowest BCUT2D eigenvalue weighted by atomic mass is 10.0. The molecule has 1 saturated heterocycles. The Bertz CT molecular complexity index is 574. The molecule has 0 N–H and O–H groups in total. The topological polar surface area (TPSA) is 51.3 Å². The van der Waals surface area contributed by atoms with Gasteiger partial charge in [0, 0.05) is 12.7 Å². The maximum atomic E-state index is 12.5. The van der Waals surface area contributed by atoms with E-state index in [1.54, 1.807) is 12.3 Å². The molecule has 2 aromatic heterocycles. The summed E-state index contributed by atoms with van der Waals surface area (Å²) >= 11 is 0. The van der Waals surface area contributed by atoms with Crippen molar-refractivity contribution in [1.29, 1.82) is 0 Å². The van der Waals surface area contributed by atoms with Crippen molar-refractivity contribution in [3.05, 3.63) is 42.1 Å². The van der Waals surface area contributed by atoms with Crippen LogP contribution in [0.2, 0.25) is 0 Å². The van der Waals surface area contributed by atoms with E-state index in [-0.39, 0.29) is 11.9 Å². The number of likely N-dealkylation sites (tertiary alicyclic amines) is 1. The first-order valence-corrected chi connectivity index (χ1v) is 7.06. The van der Waals surface area contributed by atoms with Crippen LogP contribution in [0.3, 0.4) is 0 Å². The summed E-state index contributed by atoms with van der Waals surface area (Å²) in [7, 11) is 0. The van der Waals surface area contributed by atoms with Gasteiger partial charge in [0.2, 0.25) is 0 Å². The van der Waals surface area contributed by atoms with Gasteiger partial charge in [0.25, 0.3) is 5.91 Å². The zero-order valence-electron chi connectivity index (χ0n) is 11.7. The number of piperidine rings is 1. The van der Waals surface area contributed by atoms with Crippen LogP contribution >= 0.6 is 0 Å². The Morgan fingerprint density at radius 3 is 3.10 bits per heavy atom. The van der Waals surface area contributed by atoms with E-state index in [1.807, 2.05) is 28.9 Å². The van der Waals surface area contributed by atoms with Crippen molar-refractivity contribution in [2.45, 2.75) is 38.8 Å². The van der Waals surface area contributed by atoms with Gasteiger partial charge in [-0.05, 0) is 37.8 Å². The molecule has 0 radical (unpaired) electrons. The summed E-state index contributed by atoms with van der Waals surface area (Å²) < 4.78 is 6.95. The van der Waals surface area contributed by atoms with E-state index in [1.165, 1.54) is 12.7 Å². The van der Waals surface area contributed by atoms with Crippen molar-refractivity contribution in [1.82, 2.24) is 14.7 Å². The molecule has 1 amide bonds. The normalized spacial score (nSPS) is 19.2. The Kier molecular flexibility index (Phi) is 3.58. The highest BCUT2D eigenvalue weighted by Gasteiger charge is 2.28. The van der Waals surface area contributed by atoms with E-state index in [4.69, 9.17) is 4.42 Å². The molecule has 106 valence electrons. The first-order valence-electron chi connectivity index (χ1n) is 7.06. The zero-order valence-corrected chi connectivity index (χ0v) is 11.7. The first-order chi connectivity index (χ1) is 9.74. The third-order valence-corrected chi connectivity index (χ3v) is 3.82. The summed E-state index contributed by atoms with van der Waals surface area (Å²) in [4.78, 5) is 14.5. The summed E-state index contributed by atoms with van der Waals surface area (Å²) in [6.45, 7) is 3.60. The number of carbonyl (C=O) groups excluding carboxylic acids is 1. The highest BCUT2D eigenvalue weighted by atomic mass is 16.3. The minimum absolute atomic E-state index is 0.0623. The Hall–Kier alpha value is -2.04. The minimum atomic E-state index is 0.0623. The predicted octanol–water partition coefficient (Wildman–Crippen LogP) is 2.48. The molecule has 1 fully saturated rings. The molecule has 0 bridgehead atoms. The fraction of sp³-hybridized carbons (Fsp3) is 0.467. The van der Waals surface area contributed by atoms with Crippen LogP contribution in [-0.4, -0.2) is 33.2 Å². The predicted molar refractivity (Wildman–Crippen MR) is 74.3 cm³/mol. The van der Waals surface area contributed by atoms with Crippen molar-refractivity contribution < 1.29 is 9.21 Å². The van der Waals surface area contributed by atoms with E-state index >= 15 is 0 Å². The smallest absolute Gasteiger partial charge is 0.257 e. The number of furan rings is 1.